The quantitative estimate of drug-likeness (QED) is 0.705. The van der Waals surface area contributed by atoms with Crippen LogP contribution in [0.25, 0.3) is 5.57 Å². The van der Waals surface area contributed by atoms with Crippen LogP contribution in [0.4, 0.5) is 0 Å². The second kappa shape index (κ2) is 5.34. The molecule has 0 saturated heterocycles. The van der Waals surface area contributed by atoms with Crippen molar-refractivity contribution in [1.29, 1.82) is 0 Å². The Morgan fingerprint density at radius 2 is 1.20 bits per heavy atom. The monoisotopic (exact) mass is 258 g/mol. The molecule has 3 rings (SSSR count). The highest BCUT2D eigenvalue weighted by Crippen LogP contribution is 2.33. The van der Waals surface area contributed by atoms with Crippen LogP contribution in [0.1, 0.15) is 18.1 Å². The number of rotatable bonds is 3. The summed E-state index contributed by atoms with van der Waals surface area (Å²) >= 11 is 0. The maximum Gasteiger partial charge on any atom is 0.0228 e. The van der Waals surface area contributed by atoms with E-state index in [9.17, 15) is 0 Å². The third kappa shape index (κ3) is 2.65. The smallest absolute Gasteiger partial charge is 0.0228 e. The van der Waals surface area contributed by atoms with Gasteiger partial charge in [-0.05, 0) is 23.6 Å². The minimum absolute atomic E-state index is 0.00101. The molecule has 0 radical (unpaired) electrons. The Morgan fingerprint density at radius 3 is 1.65 bits per heavy atom. The van der Waals surface area contributed by atoms with Gasteiger partial charge in [0.25, 0.3) is 0 Å². The van der Waals surface area contributed by atoms with Crippen LogP contribution >= 0.6 is 0 Å². The maximum atomic E-state index is 2.34. The van der Waals surface area contributed by atoms with Gasteiger partial charge in [-0.15, -0.1) is 0 Å². The molecule has 0 heteroatoms. The molecule has 20 heavy (non-hydrogen) atoms. The van der Waals surface area contributed by atoms with Gasteiger partial charge >= 0.3 is 0 Å². The number of allylic oxidation sites excluding steroid dienone is 5. The van der Waals surface area contributed by atoms with Crippen molar-refractivity contribution in [3.05, 3.63) is 102 Å². The van der Waals surface area contributed by atoms with Crippen molar-refractivity contribution in [3.63, 3.8) is 0 Å². The fourth-order valence-electron chi connectivity index (χ4n) is 2.56. The van der Waals surface area contributed by atoms with Crippen molar-refractivity contribution in [3.8, 4) is 0 Å². The number of benzene rings is 2. The SMILES string of the molecule is CC1(C=C(c2ccccc2)c2ccccc2)C=CC=C1. The molecule has 2 aromatic rings. The molecule has 0 saturated carbocycles. The Balaban J connectivity index is 2.12. The molecule has 0 bridgehead atoms. The molecule has 0 atom stereocenters. The maximum absolute atomic E-state index is 2.34. The average Bonchev–Trinajstić information content (AvgIpc) is 2.94. The summed E-state index contributed by atoms with van der Waals surface area (Å²) in [5.74, 6) is 0. The van der Waals surface area contributed by atoms with Crippen molar-refractivity contribution < 1.29 is 0 Å². The molecule has 0 fully saturated rings. The first-order valence-electron chi connectivity index (χ1n) is 6.98. The highest BCUT2D eigenvalue weighted by Gasteiger charge is 2.18. The molecular formula is C20H18. The molecule has 0 nitrogen and oxygen atoms in total. The summed E-state index contributed by atoms with van der Waals surface area (Å²) in [5, 5.41) is 0. The lowest BCUT2D eigenvalue weighted by Crippen LogP contribution is -2.04. The highest BCUT2D eigenvalue weighted by atomic mass is 14.2. The molecule has 2 aromatic carbocycles. The summed E-state index contributed by atoms with van der Waals surface area (Å²) in [5.41, 5.74) is 3.80. The van der Waals surface area contributed by atoms with Gasteiger partial charge in [-0.3, -0.25) is 0 Å². The minimum Gasteiger partial charge on any atom is -0.0710 e. The van der Waals surface area contributed by atoms with Crippen LogP contribution in [-0.4, -0.2) is 0 Å². The average molecular weight is 258 g/mol. The topological polar surface area (TPSA) is 0 Å². The molecule has 0 N–H and O–H groups in total. The second-order valence-electron chi connectivity index (χ2n) is 5.37. The lowest BCUT2D eigenvalue weighted by atomic mass is 9.86. The molecule has 0 heterocycles. The summed E-state index contributed by atoms with van der Waals surface area (Å²) in [6.07, 6.45) is 11.0. The Kier molecular flexibility index (Phi) is 3.39. The van der Waals surface area contributed by atoms with E-state index in [4.69, 9.17) is 0 Å². The lowest BCUT2D eigenvalue weighted by Gasteiger charge is -2.18. The highest BCUT2D eigenvalue weighted by molar-refractivity contribution is 5.80. The molecule has 1 aliphatic rings. The molecule has 0 spiro atoms. The fourth-order valence-corrected chi connectivity index (χ4v) is 2.56. The van der Waals surface area contributed by atoms with Crippen LogP contribution in [0.2, 0.25) is 0 Å². The predicted octanol–water partition coefficient (Wildman–Crippen LogP) is 5.25. The molecule has 1 aliphatic carbocycles. The van der Waals surface area contributed by atoms with E-state index in [2.05, 4.69) is 98.0 Å². The van der Waals surface area contributed by atoms with Crippen LogP contribution in [0.3, 0.4) is 0 Å². The van der Waals surface area contributed by atoms with Gasteiger partial charge in [0, 0.05) is 5.41 Å². The molecular weight excluding hydrogens is 240 g/mol. The largest absolute Gasteiger partial charge is 0.0710 e. The van der Waals surface area contributed by atoms with E-state index in [0.717, 1.165) is 0 Å². The van der Waals surface area contributed by atoms with Gasteiger partial charge in [0.05, 0.1) is 0 Å². The van der Waals surface area contributed by atoms with Crippen LogP contribution in [0, 0.1) is 5.41 Å². The summed E-state index contributed by atoms with van der Waals surface area (Å²) in [7, 11) is 0. The van der Waals surface area contributed by atoms with E-state index in [0.29, 0.717) is 0 Å². The Morgan fingerprint density at radius 1 is 0.750 bits per heavy atom. The van der Waals surface area contributed by atoms with Crippen molar-refractivity contribution >= 4 is 5.57 Å². The molecule has 0 unspecified atom stereocenters. The van der Waals surface area contributed by atoms with E-state index in [-0.39, 0.29) is 5.41 Å². The molecule has 0 amide bonds. The van der Waals surface area contributed by atoms with E-state index in [1.165, 1.54) is 16.7 Å². The second-order valence-corrected chi connectivity index (χ2v) is 5.37. The van der Waals surface area contributed by atoms with Gasteiger partial charge in [0.2, 0.25) is 0 Å². The summed E-state index contributed by atoms with van der Waals surface area (Å²) in [4.78, 5) is 0. The Bertz CT molecular complexity index is 604. The first-order chi connectivity index (χ1) is 9.77. The van der Waals surface area contributed by atoms with Crippen LogP contribution in [-0.2, 0) is 0 Å². The zero-order valence-corrected chi connectivity index (χ0v) is 11.7. The third-order valence-corrected chi connectivity index (χ3v) is 3.65. The van der Waals surface area contributed by atoms with E-state index >= 15 is 0 Å². The predicted molar refractivity (Wildman–Crippen MR) is 86.4 cm³/mol. The van der Waals surface area contributed by atoms with E-state index in [1.54, 1.807) is 0 Å². The normalized spacial score (nSPS) is 15.2. The van der Waals surface area contributed by atoms with E-state index < -0.39 is 0 Å². The number of hydrogen-bond acceptors (Lipinski definition) is 0. The van der Waals surface area contributed by atoms with Crippen molar-refractivity contribution in [2.75, 3.05) is 0 Å². The van der Waals surface area contributed by atoms with Gasteiger partial charge in [0.15, 0.2) is 0 Å². The number of hydrogen-bond donors (Lipinski definition) is 0. The first-order valence-corrected chi connectivity index (χ1v) is 6.98. The van der Waals surface area contributed by atoms with Crippen LogP contribution < -0.4 is 0 Å². The zero-order chi connectivity index (χ0) is 13.8. The fraction of sp³-hybridized carbons (Fsp3) is 0.100. The summed E-state index contributed by atoms with van der Waals surface area (Å²) < 4.78 is 0. The van der Waals surface area contributed by atoms with E-state index in [1.807, 2.05) is 0 Å². The lowest BCUT2D eigenvalue weighted by molar-refractivity contribution is 0.731. The van der Waals surface area contributed by atoms with Crippen LogP contribution in [0.15, 0.2) is 91.0 Å². The minimum atomic E-state index is 0.00101. The first kappa shape index (κ1) is 12.7. The van der Waals surface area contributed by atoms with Crippen molar-refractivity contribution in [2.45, 2.75) is 6.92 Å². The van der Waals surface area contributed by atoms with Crippen molar-refractivity contribution in [2.24, 2.45) is 5.41 Å². The van der Waals surface area contributed by atoms with Gasteiger partial charge in [-0.1, -0.05) is 91.0 Å². The van der Waals surface area contributed by atoms with Crippen LogP contribution in [0.5, 0.6) is 0 Å². The molecule has 0 aromatic heterocycles. The summed E-state index contributed by atoms with van der Waals surface area (Å²) in [6, 6.07) is 21.2. The third-order valence-electron chi connectivity index (χ3n) is 3.65. The Hall–Kier alpha value is -2.34. The molecule has 98 valence electrons. The Labute approximate surface area is 120 Å². The standard InChI is InChI=1S/C20H18/c1-20(14-8-9-15-20)16-19(17-10-4-2-5-11-17)18-12-6-3-7-13-18/h2-16H,1H3. The van der Waals surface area contributed by atoms with Crippen molar-refractivity contribution in [1.82, 2.24) is 0 Å². The van der Waals surface area contributed by atoms with Gasteiger partial charge in [0.1, 0.15) is 0 Å². The van der Waals surface area contributed by atoms with Gasteiger partial charge in [-0.25, -0.2) is 0 Å². The molecule has 0 aliphatic heterocycles. The van der Waals surface area contributed by atoms with Gasteiger partial charge in [-0.2, -0.15) is 0 Å². The zero-order valence-electron chi connectivity index (χ0n) is 11.7. The summed E-state index contributed by atoms with van der Waals surface area (Å²) in [6.45, 7) is 2.24. The van der Waals surface area contributed by atoms with Gasteiger partial charge < -0.3 is 0 Å².